The van der Waals surface area contributed by atoms with Crippen molar-refractivity contribution in [2.45, 2.75) is 31.8 Å². The van der Waals surface area contributed by atoms with Gasteiger partial charge in [0.05, 0.1) is 13.2 Å². The Kier molecular flexibility index (Phi) is 5.65. The summed E-state index contributed by atoms with van der Waals surface area (Å²) < 4.78 is 5.49. The molecule has 0 unspecified atom stereocenters. The van der Waals surface area contributed by atoms with E-state index in [0.717, 1.165) is 57.7 Å². The molecule has 1 atom stereocenters. The third-order valence-corrected chi connectivity index (χ3v) is 6.62. The first-order valence-electron chi connectivity index (χ1n) is 11.1. The van der Waals surface area contributed by atoms with E-state index < -0.39 is 0 Å². The van der Waals surface area contributed by atoms with E-state index in [1.807, 2.05) is 12.1 Å². The monoisotopic (exact) mass is 403 g/mol. The summed E-state index contributed by atoms with van der Waals surface area (Å²) in [5.41, 5.74) is 5.53. The van der Waals surface area contributed by atoms with Gasteiger partial charge in [0.15, 0.2) is 0 Å². The molecule has 1 fully saturated rings. The minimum Gasteiger partial charge on any atom is -0.379 e. The van der Waals surface area contributed by atoms with Gasteiger partial charge in [0.1, 0.15) is 5.71 Å². The van der Waals surface area contributed by atoms with Crippen molar-refractivity contribution in [1.29, 1.82) is 0 Å². The summed E-state index contributed by atoms with van der Waals surface area (Å²) in [5.74, 6) is 0.0867. The molecule has 0 aromatic heterocycles. The van der Waals surface area contributed by atoms with Crippen molar-refractivity contribution in [3.05, 3.63) is 70.8 Å². The van der Waals surface area contributed by atoms with E-state index in [1.54, 1.807) is 0 Å². The highest BCUT2D eigenvalue weighted by Crippen LogP contribution is 2.27. The zero-order valence-corrected chi connectivity index (χ0v) is 17.4. The number of hydrogen-bond acceptors (Lipinski definition) is 4. The molecule has 0 radical (unpaired) electrons. The van der Waals surface area contributed by atoms with E-state index in [9.17, 15) is 4.79 Å². The van der Waals surface area contributed by atoms with Gasteiger partial charge >= 0.3 is 0 Å². The standard InChI is InChI=1S/C25H29N3O2/c29-25(24-23-8-4-3-5-19(23)9-11-26-24)28-18-21-7-2-1-6-20(21)17-22(28)10-12-27-13-15-30-16-14-27/h1-8,22H,9-18H2/t22-/m1/s1. The first-order valence-corrected chi connectivity index (χ1v) is 11.1. The molecular weight excluding hydrogens is 374 g/mol. The number of nitrogens with zero attached hydrogens (tertiary/aromatic N) is 3. The third-order valence-electron chi connectivity index (χ3n) is 6.62. The number of amides is 1. The highest BCUT2D eigenvalue weighted by molar-refractivity contribution is 6.45. The fourth-order valence-electron chi connectivity index (χ4n) is 4.90. The highest BCUT2D eigenvalue weighted by atomic mass is 16.5. The summed E-state index contributed by atoms with van der Waals surface area (Å²) in [6, 6.07) is 17.0. The molecule has 0 N–H and O–H groups in total. The van der Waals surface area contributed by atoms with Crippen molar-refractivity contribution in [2.75, 3.05) is 39.4 Å². The summed E-state index contributed by atoms with van der Waals surface area (Å²) in [5, 5.41) is 0. The van der Waals surface area contributed by atoms with Crippen LogP contribution in [0.4, 0.5) is 0 Å². The predicted molar refractivity (Wildman–Crippen MR) is 118 cm³/mol. The van der Waals surface area contributed by atoms with E-state index in [1.165, 1.54) is 16.7 Å². The molecule has 2 aromatic rings. The van der Waals surface area contributed by atoms with Crippen LogP contribution in [0.2, 0.25) is 0 Å². The lowest BCUT2D eigenvalue weighted by Gasteiger charge is -2.39. The van der Waals surface area contributed by atoms with Crippen LogP contribution in [0.1, 0.15) is 28.7 Å². The minimum atomic E-state index is 0.0867. The van der Waals surface area contributed by atoms with Gasteiger partial charge in [0, 0.05) is 44.3 Å². The molecule has 0 aliphatic carbocycles. The van der Waals surface area contributed by atoms with Crippen molar-refractivity contribution < 1.29 is 9.53 Å². The maximum atomic E-state index is 13.7. The molecule has 30 heavy (non-hydrogen) atoms. The number of hydrogen-bond donors (Lipinski definition) is 0. The molecule has 1 amide bonds. The molecule has 156 valence electrons. The number of rotatable bonds is 4. The average Bonchev–Trinajstić information content (AvgIpc) is 2.82. The zero-order chi connectivity index (χ0) is 20.3. The Labute approximate surface area is 178 Å². The lowest BCUT2D eigenvalue weighted by molar-refractivity contribution is -0.127. The maximum absolute atomic E-state index is 13.7. The maximum Gasteiger partial charge on any atom is 0.273 e. The molecule has 0 saturated carbocycles. The summed E-state index contributed by atoms with van der Waals surface area (Å²) in [6.45, 7) is 5.95. The van der Waals surface area contributed by atoms with Gasteiger partial charge < -0.3 is 9.64 Å². The van der Waals surface area contributed by atoms with Gasteiger partial charge in [-0.1, -0.05) is 48.5 Å². The Morgan fingerprint density at radius 1 is 1.00 bits per heavy atom. The van der Waals surface area contributed by atoms with Crippen LogP contribution < -0.4 is 0 Å². The van der Waals surface area contributed by atoms with Gasteiger partial charge in [0.2, 0.25) is 0 Å². The fraction of sp³-hybridized carbons (Fsp3) is 0.440. The summed E-state index contributed by atoms with van der Waals surface area (Å²) >= 11 is 0. The smallest absolute Gasteiger partial charge is 0.273 e. The number of morpholine rings is 1. The second-order valence-electron chi connectivity index (χ2n) is 8.44. The Morgan fingerprint density at radius 2 is 1.73 bits per heavy atom. The first kappa shape index (κ1) is 19.5. The predicted octanol–water partition coefficient (Wildman–Crippen LogP) is 2.71. The van der Waals surface area contributed by atoms with Crippen molar-refractivity contribution in [3.63, 3.8) is 0 Å². The normalized spacial score (nSPS) is 21.5. The Bertz CT molecular complexity index is 949. The van der Waals surface area contributed by atoms with Crippen LogP contribution in [0.5, 0.6) is 0 Å². The zero-order valence-electron chi connectivity index (χ0n) is 17.4. The van der Waals surface area contributed by atoms with Gasteiger partial charge in [-0.05, 0) is 36.0 Å². The lowest BCUT2D eigenvalue weighted by atomic mass is 9.90. The minimum absolute atomic E-state index is 0.0867. The highest BCUT2D eigenvalue weighted by Gasteiger charge is 2.33. The Balaban J connectivity index is 1.40. The first-order chi connectivity index (χ1) is 14.8. The van der Waals surface area contributed by atoms with Crippen LogP contribution in [0.25, 0.3) is 0 Å². The molecule has 2 aromatic carbocycles. The number of carbonyl (C=O) groups excluding carboxylic acids is 1. The molecule has 3 aliphatic heterocycles. The molecule has 5 heteroatoms. The topological polar surface area (TPSA) is 45.1 Å². The Morgan fingerprint density at radius 3 is 2.57 bits per heavy atom. The van der Waals surface area contributed by atoms with Crippen LogP contribution in [0.3, 0.4) is 0 Å². The van der Waals surface area contributed by atoms with Gasteiger partial charge in [0.25, 0.3) is 5.91 Å². The quantitative estimate of drug-likeness (QED) is 0.789. The molecule has 3 aliphatic rings. The number of aliphatic imine (C=N–C) groups is 1. The largest absolute Gasteiger partial charge is 0.379 e. The van der Waals surface area contributed by atoms with Gasteiger partial charge in [-0.2, -0.15) is 0 Å². The van der Waals surface area contributed by atoms with Gasteiger partial charge in [-0.25, -0.2) is 0 Å². The summed E-state index contributed by atoms with van der Waals surface area (Å²) in [4.78, 5) is 23.0. The SMILES string of the molecule is O=C(C1=NCCc2ccccc21)N1Cc2ccccc2C[C@H]1CCN1CCOCC1. The van der Waals surface area contributed by atoms with Crippen LogP contribution in [-0.2, 0) is 28.9 Å². The van der Waals surface area contributed by atoms with Crippen LogP contribution >= 0.6 is 0 Å². The van der Waals surface area contributed by atoms with Crippen LogP contribution in [-0.4, -0.2) is 66.9 Å². The van der Waals surface area contributed by atoms with E-state index in [2.05, 4.69) is 51.2 Å². The van der Waals surface area contributed by atoms with Crippen molar-refractivity contribution in [1.82, 2.24) is 9.80 Å². The average molecular weight is 404 g/mol. The van der Waals surface area contributed by atoms with E-state index in [-0.39, 0.29) is 11.9 Å². The van der Waals surface area contributed by atoms with E-state index in [4.69, 9.17) is 4.74 Å². The van der Waals surface area contributed by atoms with Crippen LogP contribution in [0.15, 0.2) is 53.5 Å². The summed E-state index contributed by atoms with van der Waals surface area (Å²) in [6.07, 6.45) is 2.81. The molecule has 5 rings (SSSR count). The van der Waals surface area contributed by atoms with E-state index >= 15 is 0 Å². The molecule has 3 heterocycles. The number of benzene rings is 2. The number of ether oxygens (including phenoxy) is 1. The number of carbonyl (C=O) groups is 1. The Hall–Kier alpha value is -2.50. The van der Waals surface area contributed by atoms with E-state index in [0.29, 0.717) is 18.8 Å². The second kappa shape index (κ2) is 8.70. The lowest BCUT2D eigenvalue weighted by Crippen LogP contribution is -2.49. The van der Waals surface area contributed by atoms with Crippen molar-refractivity contribution in [3.8, 4) is 0 Å². The molecule has 0 spiro atoms. The molecule has 5 nitrogen and oxygen atoms in total. The molecule has 0 bridgehead atoms. The molecule has 1 saturated heterocycles. The van der Waals surface area contributed by atoms with Crippen molar-refractivity contribution in [2.24, 2.45) is 4.99 Å². The molecular formula is C25H29N3O2. The van der Waals surface area contributed by atoms with Gasteiger partial charge in [-0.3, -0.25) is 14.7 Å². The summed E-state index contributed by atoms with van der Waals surface area (Å²) in [7, 11) is 0. The third kappa shape index (κ3) is 3.92. The van der Waals surface area contributed by atoms with Crippen LogP contribution in [0, 0.1) is 0 Å². The fourth-order valence-corrected chi connectivity index (χ4v) is 4.90. The van der Waals surface area contributed by atoms with Crippen molar-refractivity contribution >= 4 is 11.6 Å². The second-order valence-corrected chi connectivity index (χ2v) is 8.44. The number of fused-ring (bicyclic) bond motifs is 2. The van der Waals surface area contributed by atoms with Gasteiger partial charge in [-0.15, -0.1) is 0 Å².